The van der Waals surface area contributed by atoms with Gasteiger partial charge in [-0.1, -0.05) is 35.9 Å². The van der Waals surface area contributed by atoms with E-state index in [9.17, 15) is 0 Å². The van der Waals surface area contributed by atoms with Gasteiger partial charge in [-0.3, -0.25) is 0 Å². The van der Waals surface area contributed by atoms with Crippen LogP contribution in [0.2, 0.25) is 5.02 Å². The fraction of sp³-hybridized carbons (Fsp3) is 0.350. The van der Waals surface area contributed by atoms with Crippen molar-refractivity contribution >= 4 is 46.4 Å². The van der Waals surface area contributed by atoms with Crippen LogP contribution in [0.1, 0.15) is 5.56 Å². The van der Waals surface area contributed by atoms with Gasteiger partial charge in [0.15, 0.2) is 5.11 Å². The molecule has 0 aliphatic carbocycles. The van der Waals surface area contributed by atoms with Gasteiger partial charge in [-0.15, -0.1) is 11.8 Å². The third kappa shape index (κ3) is 5.06. The molecule has 0 aromatic heterocycles. The van der Waals surface area contributed by atoms with Gasteiger partial charge in [0.1, 0.15) is 0 Å². The lowest BCUT2D eigenvalue weighted by Gasteiger charge is -2.38. The number of rotatable bonds is 5. The minimum atomic E-state index is 0.776. The van der Waals surface area contributed by atoms with Crippen LogP contribution in [-0.4, -0.2) is 49.0 Å². The lowest BCUT2D eigenvalue weighted by Crippen LogP contribution is -2.52. The third-order valence-corrected chi connectivity index (χ3v) is 6.04. The van der Waals surface area contributed by atoms with Crippen molar-refractivity contribution in [3.63, 3.8) is 0 Å². The van der Waals surface area contributed by atoms with Gasteiger partial charge < -0.3 is 15.1 Å². The molecule has 138 valence electrons. The van der Waals surface area contributed by atoms with Crippen molar-refractivity contribution in [2.45, 2.75) is 11.3 Å². The van der Waals surface area contributed by atoms with E-state index in [0.717, 1.165) is 49.3 Å². The Morgan fingerprint density at radius 3 is 2.46 bits per heavy atom. The highest BCUT2D eigenvalue weighted by molar-refractivity contribution is 7.98. The van der Waals surface area contributed by atoms with E-state index in [0.29, 0.717) is 0 Å². The monoisotopic (exact) mass is 405 g/mol. The van der Waals surface area contributed by atoms with Gasteiger partial charge >= 0.3 is 0 Å². The lowest BCUT2D eigenvalue weighted by atomic mass is 10.1. The van der Waals surface area contributed by atoms with Crippen molar-refractivity contribution in [1.29, 1.82) is 0 Å². The van der Waals surface area contributed by atoms with Gasteiger partial charge in [-0.25, -0.2) is 0 Å². The number of thiocarbonyl (C=S) groups is 1. The summed E-state index contributed by atoms with van der Waals surface area (Å²) in [6.45, 7) is 4.74. The molecule has 1 saturated heterocycles. The first-order valence-electron chi connectivity index (χ1n) is 8.82. The zero-order chi connectivity index (χ0) is 18.4. The summed E-state index contributed by atoms with van der Waals surface area (Å²) in [6.07, 6.45) is 3.08. The molecule has 0 spiro atoms. The van der Waals surface area contributed by atoms with E-state index in [1.54, 1.807) is 11.8 Å². The molecule has 1 heterocycles. The first kappa shape index (κ1) is 19.3. The second-order valence-corrected chi connectivity index (χ2v) is 7.93. The van der Waals surface area contributed by atoms with E-state index in [4.69, 9.17) is 23.8 Å². The minimum absolute atomic E-state index is 0.776. The number of nitrogens with one attached hydrogen (secondary N) is 1. The molecule has 0 unspecified atom stereocenters. The molecule has 1 aliphatic rings. The average molecular weight is 406 g/mol. The normalized spacial score (nSPS) is 14.4. The third-order valence-electron chi connectivity index (χ3n) is 4.60. The topological polar surface area (TPSA) is 18.5 Å². The fourth-order valence-electron chi connectivity index (χ4n) is 3.12. The highest BCUT2D eigenvalue weighted by atomic mass is 35.5. The maximum Gasteiger partial charge on any atom is 0.169 e. The number of nitrogens with zero attached hydrogens (tertiary/aromatic N) is 2. The lowest BCUT2D eigenvalue weighted by molar-refractivity contribution is 0.380. The van der Waals surface area contributed by atoms with Crippen molar-refractivity contribution < 1.29 is 0 Å². The first-order valence-corrected chi connectivity index (χ1v) is 10.8. The molecule has 0 radical (unpaired) electrons. The standard InChI is InChI=1S/C20H24ClN3S2/c1-26-19-5-3-2-4-18(19)23-12-14-24(15-13-23)20(25)22-11-10-16-6-8-17(21)9-7-16/h2-9H,10-15H2,1H3,(H,22,25). The van der Waals surface area contributed by atoms with E-state index >= 15 is 0 Å². The van der Waals surface area contributed by atoms with Crippen LogP contribution in [0.4, 0.5) is 5.69 Å². The largest absolute Gasteiger partial charge is 0.367 e. The van der Waals surface area contributed by atoms with Crippen LogP contribution in [0, 0.1) is 0 Å². The Balaban J connectivity index is 1.45. The molecule has 6 heteroatoms. The number of piperazine rings is 1. The van der Waals surface area contributed by atoms with Gasteiger partial charge in [0, 0.05) is 42.6 Å². The Morgan fingerprint density at radius 1 is 1.08 bits per heavy atom. The van der Waals surface area contributed by atoms with E-state index in [-0.39, 0.29) is 0 Å². The summed E-state index contributed by atoms with van der Waals surface area (Å²) in [4.78, 5) is 6.07. The van der Waals surface area contributed by atoms with Gasteiger partial charge in [0.2, 0.25) is 0 Å². The summed E-state index contributed by atoms with van der Waals surface area (Å²) in [5, 5.41) is 5.03. The van der Waals surface area contributed by atoms with Crippen LogP contribution >= 0.6 is 35.6 Å². The number of hydrogen-bond donors (Lipinski definition) is 1. The average Bonchev–Trinajstić information content (AvgIpc) is 2.69. The van der Waals surface area contributed by atoms with Crippen LogP contribution in [0.15, 0.2) is 53.4 Å². The summed E-state index contributed by atoms with van der Waals surface area (Å²) in [5.74, 6) is 0. The van der Waals surface area contributed by atoms with Crippen LogP contribution in [0.25, 0.3) is 0 Å². The van der Waals surface area contributed by atoms with E-state index < -0.39 is 0 Å². The van der Waals surface area contributed by atoms with Crippen molar-refractivity contribution in [2.75, 3.05) is 43.9 Å². The Morgan fingerprint density at radius 2 is 1.77 bits per heavy atom. The van der Waals surface area contributed by atoms with Crippen molar-refractivity contribution in [3.8, 4) is 0 Å². The highest BCUT2D eigenvalue weighted by Gasteiger charge is 2.20. The molecule has 0 amide bonds. The molecular formula is C20H24ClN3S2. The Kier molecular flexibility index (Phi) is 7.06. The summed E-state index contributed by atoms with van der Waals surface area (Å²) < 4.78 is 0. The predicted molar refractivity (Wildman–Crippen MR) is 118 cm³/mol. The van der Waals surface area contributed by atoms with Crippen LogP contribution in [-0.2, 0) is 6.42 Å². The zero-order valence-electron chi connectivity index (χ0n) is 15.0. The van der Waals surface area contributed by atoms with E-state index in [1.165, 1.54) is 16.1 Å². The zero-order valence-corrected chi connectivity index (χ0v) is 17.3. The van der Waals surface area contributed by atoms with E-state index in [2.05, 4.69) is 57.8 Å². The molecular weight excluding hydrogens is 382 g/mol. The maximum absolute atomic E-state index is 5.92. The molecule has 2 aromatic carbocycles. The Hall–Kier alpha value is -1.43. The summed E-state index contributed by atoms with van der Waals surface area (Å²) in [6, 6.07) is 16.6. The van der Waals surface area contributed by atoms with Gasteiger partial charge in [0.25, 0.3) is 0 Å². The molecule has 0 saturated carbocycles. The molecule has 0 bridgehead atoms. The summed E-state index contributed by atoms with van der Waals surface area (Å²) in [5.41, 5.74) is 2.60. The number of halogens is 1. The smallest absolute Gasteiger partial charge is 0.169 e. The molecule has 3 rings (SSSR count). The highest BCUT2D eigenvalue weighted by Crippen LogP contribution is 2.28. The molecule has 2 aromatic rings. The molecule has 1 fully saturated rings. The second kappa shape index (κ2) is 9.49. The van der Waals surface area contributed by atoms with Crippen LogP contribution in [0.3, 0.4) is 0 Å². The second-order valence-electron chi connectivity index (χ2n) is 6.25. The molecule has 0 atom stereocenters. The van der Waals surface area contributed by atoms with Crippen molar-refractivity contribution in [2.24, 2.45) is 0 Å². The van der Waals surface area contributed by atoms with Crippen molar-refractivity contribution in [1.82, 2.24) is 10.2 Å². The summed E-state index contributed by atoms with van der Waals surface area (Å²) >= 11 is 13.3. The predicted octanol–water partition coefficient (Wildman–Crippen LogP) is 4.30. The number of para-hydroxylation sites is 1. The fourth-order valence-corrected chi connectivity index (χ4v) is 4.15. The Labute approximate surface area is 170 Å². The van der Waals surface area contributed by atoms with Gasteiger partial charge in [-0.2, -0.15) is 0 Å². The summed E-state index contributed by atoms with van der Waals surface area (Å²) in [7, 11) is 0. The molecule has 26 heavy (non-hydrogen) atoms. The number of hydrogen-bond acceptors (Lipinski definition) is 3. The first-order chi connectivity index (χ1) is 12.7. The molecule has 1 aliphatic heterocycles. The quantitative estimate of drug-likeness (QED) is 0.588. The number of anilines is 1. The number of benzene rings is 2. The molecule has 3 nitrogen and oxygen atoms in total. The van der Waals surface area contributed by atoms with Gasteiger partial charge in [0.05, 0.1) is 5.69 Å². The van der Waals surface area contributed by atoms with Crippen LogP contribution < -0.4 is 10.2 Å². The Bertz CT molecular complexity index is 728. The minimum Gasteiger partial charge on any atom is -0.367 e. The van der Waals surface area contributed by atoms with Crippen LogP contribution in [0.5, 0.6) is 0 Å². The maximum atomic E-state index is 5.92. The van der Waals surface area contributed by atoms with Crippen molar-refractivity contribution in [3.05, 3.63) is 59.1 Å². The molecule has 1 N–H and O–H groups in total. The van der Waals surface area contributed by atoms with E-state index in [1.807, 2.05) is 12.1 Å². The SMILES string of the molecule is CSc1ccccc1N1CCN(C(=S)NCCc2ccc(Cl)cc2)CC1. The van der Waals surface area contributed by atoms with Gasteiger partial charge in [-0.05, 0) is 54.7 Å². The number of thioether (sulfide) groups is 1.